The number of rotatable bonds is 9. The van der Waals surface area contributed by atoms with Crippen LogP contribution in [0.15, 0.2) is 28.7 Å². The fraction of sp³-hybridized carbons (Fsp3) is 0.600. The standard InChI is InChI=1S/C15H24BrNO2/c1-3-4-6-12(2)17-10-14(18)11-19-15-8-5-7-13(16)9-15/h5,7-9,12,14,17-18H,3-4,6,10-11H2,1-2H3. The molecule has 0 fully saturated rings. The van der Waals surface area contributed by atoms with Crippen LogP contribution >= 0.6 is 15.9 Å². The predicted molar refractivity (Wildman–Crippen MR) is 82.6 cm³/mol. The molecule has 19 heavy (non-hydrogen) atoms. The Morgan fingerprint density at radius 2 is 2.21 bits per heavy atom. The zero-order valence-corrected chi connectivity index (χ0v) is 13.3. The molecule has 0 heterocycles. The van der Waals surface area contributed by atoms with Crippen molar-refractivity contribution in [3.8, 4) is 5.75 Å². The van der Waals surface area contributed by atoms with Crippen LogP contribution in [0.25, 0.3) is 0 Å². The second-order valence-corrected chi connectivity index (χ2v) is 5.79. The predicted octanol–water partition coefficient (Wildman–Crippen LogP) is 3.36. The van der Waals surface area contributed by atoms with Crippen molar-refractivity contribution < 1.29 is 9.84 Å². The van der Waals surface area contributed by atoms with E-state index in [4.69, 9.17) is 4.74 Å². The quantitative estimate of drug-likeness (QED) is 0.730. The second kappa shape index (κ2) is 9.34. The van der Waals surface area contributed by atoms with Crippen molar-refractivity contribution in [1.82, 2.24) is 5.32 Å². The van der Waals surface area contributed by atoms with Crippen LogP contribution in [-0.4, -0.2) is 30.4 Å². The average molecular weight is 330 g/mol. The van der Waals surface area contributed by atoms with Gasteiger partial charge in [-0.25, -0.2) is 0 Å². The lowest BCUT2D eigenvalue weighted by Gasteiger charge is -2.17. The van der Waals surface area contributed by atoms with Crippen LogP contribution in [0.5, 0.6) is 5.75 Å². The SMILES string of the molecule is CCCCC(C)NCC(O)COc1cccc(Br)c1. The molecule has 2 atom stereocenters. The number of aliphatic hydroxyl groups is 1. The minimum Gasteiger partial charge on any atom is -0.491 e. The third kappa shape index (κ3) is 7.55. The van der Waals surface area contributed by atoms with Gasteiger partial charge >= 0.3 is 0 Å². The molecule has 0 spiro atoms. The molecule has 1 aromatic carbocycles. The van der Waals surface area contributed by atoms with Gasteiger partial charge in [0.2, 0.25) is 0 Å². The van der Waals surface area contributed by atoms with Gasteiger partial charge in [-0.1, -0.05) is 41.8 Å². The molecule has 4 heteroatoms. The largest absolute Gasteiger partial charge is 0.491 e. The van der Waals surface area contributed by atoms with Gasteiger partial charge in [-0.05, 0) is 31.5 Å². The Balaban J connectivity index is 2.19. The van der Waals surface area contributed by atoms with Crippen LogP contribution in [0.1, 0.15) is 33.1 Å². The number of benzene rings is 1. The van der Waals surface area contributed by atoms with Gasteiger partial charge in [0.15, 0.2) is 0 Å². The molecule has 3 nitrogen and oxygen atoms in total. The highest BCUT2D eigenvalue weighted by molar-refractivity contribution is 9.10. The van der Waals surface area contributed by atoms with Crippen molar-refractivity contribution in [2.45, 2.75) is 45.3 Å². The zero-order valence-electron chi connectivity index (χ0n) is 11.7. The molecule has 1 aromatic rings. The Morgan fingerprint density at radius 1 is 1.42 bits per heavy atom. The molecule has 2 unspecified atom stereocenters. The van der Waals surface area contributed by atoms with Gasteiger partial charge in [0.05, 0.1) is 0 Å². The number of hydrogen-bond acceptors (Lipinski definition) is 3. The van der Waals surface area contributed by atoms with E-state index in [2.05, 4.69) is 35.1 Å². The van der Waals surface area contributed by atoms with Crippen molar-refractivity contribution in [2.75, 3.05) is 13.2 Å². The molecule has 0 saturated heterocycles. The minimum absolute atomic E-state index is 0.309. The van der Waals surface area contributed by atoms with Crippen molar-refractivity contribution in [3.05, 3.63) is 28.7 Å². The first kappa shape index (κ1) is 16.5. The number of unbranched alkanes of at least 4 members (excludes halogenated alkanes) is 1. The summed E-state index contributed by atoms with van der Waals surface area (Å²) in [5.74, 6) is 0.771. The molecular weight excluding hydrogens is 306 g/mol. The number of halogens is 1. The third-order valence-electron chi connectivity index (χ3n) is 2.93. The van der Waals surface area contributed by atoms with Crippen molar-refractivity contribution in [3.63, 3.8) is 0 Å². The topological polar surface area (TPSA) is 41.5 Å². The molecule has 2 N–H and O–H groups in total. The summed E-state index contributed by atoms with van der Waals surface area (Å²) in [6.07, 6.45) is 3.10. The van der Waals surface area contributed by atoms with Crippen LogP contribution in [0, 0.1) is 0 Å². The lowest BCUT2D eigenvalue weighted by molar-refractivity contribution is 0.104. The van der Waals surface area contributed by atoms with Crippen molar-refractivity contribution in [2.24, 2.45) is 0 Å². The van der Waals surface area contributed by atoms with Gasteiger partial charge in [0.1, 0.15) is 18.5 Å². The summed E-state index contributed by atoms with van der Waals surface area (Å²) in [6.45, 7) is 5.22. The molecule has 0 aromatic heterocycles. The lowest BCUT2D eigenvalue weighted by Crippen LogP contribution is -2.36. The number of hydrogen-bond donors (Lipinski definition) is 2. The highest BCUT2D eigenvalue weighted by atomic mass is 79.9. The summed E-state index contributed by atoms with van der Waals surface area (Å²) in [5.41, 5.74) is 0. The van der Waals surface area contributed by atoms with Crippen LogP contribution in [0.4, 0.5) is 0 Å². The van der Waals surface area contributed by atoms with Gasteiger partial charge in [0, 0.05) is 17.1 Å². The van der Waals surface area contributed by atoms with Gasteiger partial charge in [-0.3, -0.25) is 0 Å². The maximum Gasteiger partial charge on any atom is 0.120 e. The molecule has 108 valence electrons. The van der Waals surface area contributed by atoms with E-state index in [0.717, 1.165) is 16.6 Å². The summed E-state index contributed by atoms with van der Waals surface area (Å²) < 4.78 is 6.52. The first-order valence-corrected chi connectivity index (χ1v) is 7.71. The van der Waals surface area contributed by atoms with Crippen LogP contribution in [0.2, 0.25) is 0 Å². The van der Waals surface area contributed by atoms with Crippen molar-refractivity contribution in [1.29, 1.82) is 0 Å². The number of ether oxygens (including phenoxy) is 1. The Kier molecular flexibility index (Phi) is 8.10. The molecule has 0 radical (unpaired) electrons. The zero-order chi connectivity index (χ0) is 14.1. The molecule has 0 aliphatic rings. The second-order valence-electron chi connectivity index (χ2n) is 4.87. The minimum atomic E-state index is -0.483. The first-order valence-electron chi connectivity index (χ1n) is 6.91. The van der Waals surface area contributed by atoms with Crippen molar-refractivity contribution >= 4 is 15.9 Å². The molecule has 1 rings (SSSR count). The van der Waals surface area contributed by atoms with E-state index in [1.807, 2.05) is 24.3 Å². The molecule has 0 bridgehead atoms. The van der Waals surface area contributed by atoms with E-state index in [-0.39, 0.29) is 0 Å². The highest BCUT2D eigenvalue weighted by Gasteiger charge is 2.08. The van der Waals surface area contributed by atoms with Crippen LogP contribution in [-0.2, 0) is 0 Å². The summed E-state index contributed by atoms with van der Waals surface area (Å²) in [6, 6.07) is 8.08. The van der Waals surface area contributed by atoms with E-state index < -0.39 is 6.10 Å². The Morgan fingerprint density at radius 3 is 2.89 bits per heavy atom. The van der Waals surface area contributed by atoms with Crippen LogP contribution in [0.3, 0.4) is 0 Å². The smallest absolute Gasteiger partial charge is 0.120 e. The Labute approximate surface area is 124 Å². The van der Waals surface area contributed by atoms with E-state index in [1.165, 1.54) is 12.8 Å². The first-order chi connectivity index (χ1) is 9.11. The van der Waals surface area contributed by atoms with Gasteiger partial charge in [0.25, 0.3) is 0 Å². The van der Waals surface area contributed by atoms with E-state index in [9.17, 15) is 5.11 Å². The van der Waals surface area contributed by atoms with E-state index in [1.54, 1.807) is 0 Å². The monoisotopic (exact) mass is 329 g/mol. The van der Waals surface area contributed by atoms with E-state index >= 15 is 0 Å². The summed E-state index contributed by atoms with van der Waals surface area (Å²) >= 11 is 3.39. The highest BCUT2D eigenvalue weighted by Crippen LogP contribution is 2.17. The van der Waals surface area contributed by atoms with Gasteiger partial charge in [-0.15, -0.1) is 0 Å². The molecule has 0 saturated carbocycles. The molecular formula is C15H24BrNO2. The number of nitrogens with one attached hydrogen (secondary N) is 1. The molecule has 0 amide bonds. The summed E-state index contributed by atoms with van der Waals surface area (Å²) in [5, 5.41) is 13.2. The maximum atomic E-state index is 9.85. The lowest BCUT2D eigenvalue weighted by atomic mass is 10.1. The van der Waals surface area contributed by atoms with Crippen LogP contribution < -0.4 is 10.1 Å². The fourth-order valence-corrected chi connectivity index (χ4v) is 2.14. The van der Waals surface area contributed by atoms with Gasteiger partial charge in [-0.2, -0.15) is 0 Å². The van der Waals surface area contributed by atoms with Gasteiger partial charge < -0.3 is 15.2 Å². The third-order valence-corrected chi connectivity index (χ3v) is 3.42. The molecule has 0 aliphatic carbocycles. The Bertz CT molecular complexity index is 360. The maximum absolute atomic E-state index is 9.85. The molecule has 0 aliphatic heterocycles. The average Bonchev–Trinajstić information content (AvgIpc) is 2.40. The number of aliphatic hydroxyl groups excluding tert-OH is 1. The normalized spacial score (nSPS) is 14.1. The Hall–Kier alpha value is -0.580. The summed E-state index contributed by atoms with van der Waals surface area (Å²) in [4.78, 5) is 0. The van der Waals surface area contributed by atoms with E-state index in [0.29, 0.717) is 19.2 Å². The summed E-state index contributed by atoms with van der Waals surface area (Å²) in [7, 11) is 0. The fourth-order valence-electron chi connectivity index (χ4n) is 1.76.